The zero-order chi connectivity index (χ0) is 16.8. The van der Waals surface area contributed by atoms with Crippen molar-refractivity contribution in [3.8, 4) is 0 Å². The standard InChI is InChI=1S/C19H20N2O3/c1-11-8-9-12-4-2-7-15(16(12)20-11)18(22)21-10-13-5-3-6-14(13)17(21)19(23)24/h2,4,7-9,13-14,17H,3,5-6,10H2,1H3,(H,23,24). The molecule has 1 aliphatic heterocycles. The van der Waals surface area contributed by atoms with Gasteiger partial charge in [-0.25, -0.2) is 4.79 Å². The van der Waals surface area contributed by atoms with Crippen molar-refractivity contribution in [2.75, 3.05) is 6.54 Å². The monoisotopic (exact) mass is 324 g/mol. The molecule has 2 aromatic rings. The molecular formula is C19H20N2O3. The van der Waals surface area contributed by atoms with Crippen LogP contribution in [0.1, 0.15) is 35.3 Å². The van der Waals surface area contributed by atoms with E-state index in [9.17, 15) is 14.7 Å². The van der Waals surface area contributed by atoms with E-state index < -0.39 is 12.0 Å². The van der Waals surface area contributed by atoms with Gasteiger partial charge in [0.1, 0.15) is 6.04 Å². The maximum Gasteiger partial charge on any atom is 0.326 e. The third-order valence-corrected chi connectivity index (χ3v) is 5.49. The van der Waals surface area contributed by atoms with E-state index in [1.165, 1.54) is 0 Å². The van der Waals surface area contributed by atoms with Crippen LogP contribution in [0.5, 0.6) is 0 Å². The molecule has 1 aromatic heterocycles. The number of para-hydroxylation sites is 1. The van der Waals surface area contributed by atoms with Gasteiger partial charge in [0.2, 0.25) is 0 Å². The summed E-state index contributed by atoms with van der Waals surface area (Å²) in [4.78, 5) is 31.0. The number of hydrogen-bond donors (Lipinski definition) is 1. The lowest BCUT2D eigenvalue weighted by atomic mass is 9.94. The molecule has 5 nitrogen and oxygen atoms in total. The minimum Gasteiger partial charge on any atom is -0.480 e. The van der Waals surface area contributed by atoms with Gasteiger partial charge in [0.05, 0.1) is 11.1 Å². The van der Waals surface area contributed by atoms with Gasteiger partial charge in [-0.05, 0) is 43.7 Å². The van der Waals surface area contributed by atoms with Crippen molar-refractivity contribution in [3.05, 3.63) is 41.6 Å². The highest BCUT2D eigenvalue weighted by atomic mass is 16.4. The summed E-state index contributed by atoms with van der Waals surface area (Å²) >= 11 is 0. The van der Waals surface area contributed by atoms with Crippen LogP contribution in [0.2, 0.25) is 0 Å². The number of aromatic nitrogens is 1. The molecule has 3 unspecified atom stereocenters. The summed E-state index contributed by atoms with van der Waals surface area (Å²) in [6.45, 7) is 2.43. The van der Waals surface area contributed by atoms with Crippen LogP contribution in [-0.2, 0) is 4.79 Å². The Morgan fingerprint density at radius 1 is 1.21 bits per heavy atom. The maximum atomic E-state index is 13.1. The van der Waals surface area contributed by atoms with Crippen LogP contribution in [0.4, 0.5) is 0 Å². The molecule has 1 saturated heterocycles. The van der Waals surface area contributed by atoms with Crippen molar-refractivity contribution >= 4 is 22.8 Å². The van der Waals surface area contributed by atoms with Gasteiger partial charge in [0, 0.05) is 17.6 Å². The lowest BCUT2D eigenvalue weighted by Gasteiger charge is -2.24. The summed E-state index contributed by atoms with van der Waals surface area (Å²) in [7, 11) is 0. The molecule has 2 heterocycles. The van der Waals surface area contributed by atoms with Crippen LogP contribution in [0.25, 0.3) is 10.9 Å². The molecule has 2 aliphatic rings. The first-order valence-electron chi connectivity index (χ1n) is 8.46. The molecular weight excluding hydrogens is 304 g/mol. The van der Waals surface area contributed by atoms with Crippen LogP contribution in [0.3, 0.4) is 0 Å². The number of carboxylic acid groups (broad SMARTS) is 1. The summed E-state index contributed by atoms with van der Waals surface area (Å²) in [5.41, 5.74) is 2.00. The fraction of sp³-hybridized carbons (Fsp3) is 0.421. The SMILES string of the molecule is Cc1ccc2cccc(C(=O)N3CC4CCCC4C3C(=O)O)c2n1. The van der Waals surface area contributed by atoms with Gasteiger partial charge in [0.25, 0.3) is 5.91 Å². The number of carboxylic acids is 1. The van der Waals surface area contributed by atoms with Crippen LogP contribution in [-0.4, -0.2) is 39.5 Å². The van der Waals surface area contributed by atoms with Crippen molar-refractivity contribution in [1.29, 1.82) is 0 Å². The Bertz CT molecular complexity index is 832. The second kappa shape index (κ2) is 5.58. The number of benzene rings is 1. The molecule has 3 atom stereocenters. The Labute approximate surface area is 140 Å². The van der Waals surface area contributed by atoms with Crippen molar-refractivity contribution in [2.24, 2.45) is 11.8 Å². The highest BCUT2D eigenvalue weighted by molar-refractivity contribution is 6.06. The third kappa shape index (κ3) is 2.27. The molecule has 0 spiro atoms. The number of hydrogen-bond acceptors (Lipinski definition) is 3. The molecule has 124 valence electrons. The molecule has 1 aromatic carbocycles. The van der Waals surface area contributed by atoms with E-state index in [1.807, 2.05) is 31.2 Å². The number of rotatable bonds is 2. The van der Waals surface area contributed by atoms with E-state index in [4.69, 9.17) is 0 Å². The van der Waals surface area contributed by atoms with E-state index in [2.05, 4.69) is 4.98 Å². The number of pyridine rings is 1. The van der Waals surface area contributed by atoms with Gasteiger partial charge in [-0.3, -0.25) is 9.78 Å². The highest BCUT2D eigenvalue weighted by Crippen LogP contribution is 2.43. The average Bonchev–Trinajstić information content (AvgIpc) is 3.13. The van der Waals surface area contributed by atoms with E-state index >= 15 is 0 Å². The Hall–Kier alpha value is -2.43. The Kier molecular flexibility index (Phi) is 3.52. The summed E-state index contributed by atoms with van der Waals surface area (Å²) in [6, 6.07) is 8.67. The quantitative estimate of drug-likeness (QED) is 0.922. The van der Waals surface area contributed by atoms with Gasteiger partial charge in [0.15, 0.2) is 0 Å². The first kappa shape index (κ1) is 15.1. The summed E-state index contributed by atoms with van der Waals surface area (Å²) < 4.78 is 0. The van der Waals surface area contributed by atoms with Gasteiger partial charge in [-0.1, -0.05) is 24.6 Å². The predicted octanol–water partition coefficient (Wildman–Crippen LogP) is 2.87. The number of carbonyl (C=O) groups is 2. The Balaban J connectivity index is 1.76. The van der Waals surface area contributed by atoms with Crippen LogP contribution in [0, 0.1) is 18.8 Å². The molecule has 0 radical (unpaired) electrons. The number of likely N-dealkylation sites (tertiary alicyclic amines) is 1. The first-order chi connectivity index (χ1) is 11.6. The Morgan fingerprint density at radius 3 is 2.83 bits per heavy atom. The van der Waals surface area contributed by atoms with Crippen molar-refractivity contribution in [3.63, 3.8) is 0 Å². The lowest BCUT2D eigenvalue weighted by molar-refractivity contribution is -0.142. The number of carbonyl (C=O) groups excluding carboxylic acids is 1. The molecule has 2 fully saturated rings. The molecule has 1 saturated carbocycles. The molecule has 1 N–H and O–H groups in total. The third-order valence-electron chi connectivity index (χ3n) is 5.49. The summed E-state index contributed by atoms with van der Waals surface area (Å²) in [5, 5.41) is 10.6. The predicted molar refractivity (Wildman–Crippen MR) is 89.8 cm³/mol. The molecule has 5 heteroatoms. The number of nitrogens with zero attached hydrogens (tertiary/aromatic N) is 2. The highest BCUT2D eigenvalue weighted by Gasteiger charge is 2.49. The molecule has 0 bridgehead atoms. The first-order valence-corrected chi connectivity index (χ1v) is 8.46. The van der Waals surface area contributed by atoms with E-state index in [1.54, 1.807) is 11.0 Å². The van der Waals surface area contributed by atoms with E-state index in [0.717, 1.165) is 30.3 Å². The topological polar surface area (TPSA) is 70.5 Å². The largest absolute Gasteiger partial charge is 0.480 e. The maximum absolute atomic E-state index is 13.1. The van der Waals surface area contributed by atoms with Crippen LogP contribution < -0.4 is 0 Å². The van der Waals surface area contributed by atoms with E-state index in [0.29, 0.717) is 23.5 Å². The summed E-state index contributed by atoms with van der Waals surface area (Å²) in [5.74, 6) is -0.682. The smallest absolute Gasteiger partial charge is 0.326 e. The second-order valence-electron chi connectivity index (χ2n) is 6.93. The Morgan fingerprint density at radius 2 is 2.04 bits per heavy atom. The minimum atomic E-state index is -0.887. The zero-order valence-electron chi connectivity index (χ0n) is 13.6. The number of fused-ring (bicyclic) bond motifs is 2. The molecule has 24 heavy (non-hydrogen) atoms. The number of amides is 1. The summed E-state index contributed by atoms with van der Waals surface area (Å²) in [6.07, 6.45) is 2.99. The molecule has 1 amide bonds. The van der Waals surface area contributed by atoms with Crippen molar-refractivity contribution < 1.29 is 14.7 Å². The average molecular weight is 324 g/mol. The normalized spacial score (nSPS) is 25.9. The zero-order valence-corrected chi connectivity index (χ0v) is 13.6. The minimum absolute atomic E-state index is 0.0936. The number of aliphatic carboxylic acids is 1. The second-order valence-corrected chi connectivity index (χ2v) is 6.93. The van der Waals surface area contributed by atoms with Crippen LogP contribution >= 0.6 is 0 Å². The van der Waals surface area contributed by atoms with Crippen molar-refractivity contribution in [2.45, 2.75) is 32.2 Å². The molecule has 1 aliphatic carbocycles. The van der Waals surface area contributed by atoms with Gasteiger partial charge in [-0.15, -0.1) is 0 Å². The van der Waals surface area contributed by atoms with Gasteiger partial charge < -0.3 is 10.0 Å². The van der Waals surface area contributed by atoms with Crippen LogP contribution in [0.15, 0.2) is 30.3 Å². The fourth-order valence-corrected chi connectivity index (χ4v) is 4.40. The van der Waals surface area contributed by atoms with E-state index in [-0.39, 0.29) is 11.8 Å². The fourth-order valence-electron chi connectivity index (χ4n) is 4.40. The van der Waals surface area contributed by atoms with Gasteiger partial charge >= 0.3 is 5.97 Å². The number of aryl methyl sites for hydroxylation is 1. The molecule has 4 rings (SSSR count). The lowest BCUT2D eigenvalue weighted by Crippen LogP contribution is -2.43. The van der Waals surface area contributed by atoms with Gasteiger partial charge in [-0.2, -0.15) is 0 Å². The van der Waals surface area contributed by atoms with Crippen molar-refractivity contribution in [1.82, 2.24) is 9.88 Å².